The van der Waals surface area contributed by atoms with Crippen LogP contribution in [0.1, 0.15) is 6.92 Å². The molecule has 0 saturated carbocycles. The Morgan fingerprint density at radius 2 is 2.33 bits per heavy atom. The van der Waals surface area contributed by atoms with E-state index in [2.05, 4.69) is 0 Å². The van der Waals surface area contributed by atoms with Gasteiger partial charge in [0.05, 0.1) is 12.2 Å². The number of allylic oxidation sites excluding steroid dienone is 6. The standard InChI is InChI=1S/C12H12O2S/c1-2-14-12(13)10-8-15-11-7-5-3-4-6-9(10)11/h3-7H,2,8H2,1H3. The quantitative estimate of drug-likeness (QED) is 0.669. The zero-order chi connectivity index (χ0) is 10.7. The van der Waals surface area contributed by atoms with E-state index in [1.165, 1.54) is 0 Å². The van der Waals surface area contributed by atoms with E-state index in [4.69, 9.17) is 4.74 Å². The number of hydrogen-bond donors (Lipinski definition) is 0. The van der Waals surface area contributed by atoms with Crippen molar-refractivity contribution in [3.05, 3.63) is 46.4 Å². The molecular formula is C12H12O2S. The molecule has 0 unspecified atom stereocenters. The Kier molecular flexibility index (Phi) is 3.11. The highest BCUT2D eigenvalue weighted by Gasteiger charge is 2.24. The van der Waals surface area contributed by atoms with Crippen molar-refractivity contribution in [1.82, 2.24) is 0 Å². The highest BCUT2D eigenvalue weighted by molar-refractivity contribution is 8.03. The third kappa shape index (κ3) is 2.07. The molecule has 0 aromatic carbocycles. The van der Waals surface area contributed by atoms with Gasteiger partial charge in [-0.05, 0) is 18.6 Å². The summed E-state index contributed by atoms with van der Waals surface area (Å²) in [6, 6.07) is 0. The van der Waals surface area contributed by atoms with Crippen molar-refractivity contribution in [3.63, 3.8) is 0 Å². The van der Waals surface area contributed by atoms with Crippen LogP contribution in [0.15, 0.2) is 46.4 Å². The number of carbonyl (C=O) groups is 1. The lowest BCUT2D eigenvalue weighted by atomic mass is 10.1. The van der Waals surface area contributed by atoms with Crippen LogP contribution in [0, 0.1) is 0 Å². The van der Waals surface area contributed by atoms with Crippen LogP contribution in [0.5, 0.6) is 0 Å². The lowest BCUT2D eigenvalue weighted by molar-refractivity contribution is -0.138. The van der Waals surface area contributed by atoms with E-state index in [9.17, 15) is 4.79 Å². The van der Waals surface area contributed by atoms with Crippen molar-refractivity contribution >= 4 is 17.7 Å². The largest absolute Gasteiger partial charge is 0.463 e. The van der Waals surface area contributed by atoms with Crippen molar-refractivity contribution in [2.75, 3.05) is 12.4 Å². The first-order valence-electron chi connectivity index (χ1n) is 4.91. The Labute approximate surface area is 93.4 Å². The number of esters is 1. The van der Waals surface area contributed by atoms with Crippen LogP contribution in [-0.2, 0) is 9.53 Å². The van der Waals surface area contributed by atoms with E-state index >= 15 is 0 Å². The molecule has 0 aromatic rings. The number of fused-ring (bicyclic) bond motifs is 1. The number of carbonyl (C=O) groups excluding carboxylic acids is 1. The Balaban J connectivity index is 2.32. The molecule has 0 radical (unpaired) electrons. The van der Waals surface area contributed by atoms with E-state index in [0.29, 0.717) is 6.61 Å². The van der Waals surface area contributed by atoms with Gasteiger partial charge in [0.2, 0.25) is 0 Å². The third-order valence-corrected chi connectivity index (χ3v) is 3.32. The summed E-state index contributed by atoms with van der Waals surface area (Å²) < 4.78 is 5.02. The second kappa shape index (κ2) is 4.53. The van der Waals surface area contributed by atoms with Gasteiger partial charge >= 0.3 is 5.97 Å². The summed E-state index contributed by atoms with van der Waals surface area (Å²) in [5.74, 6) is 0.535. The van der Waals surface area contributed by atoms with E-state index in [1.54, 1.807) is 11.8 Å². The first-order chi connectivity index (χ1) is 7.33. The van der Waals surface area contributed by atoms with Crippen LogP contribution in [-0.4, -0.2) is 18.3 Å². The summed E-state index contributed by atoms with van der Waals surface area (Å²) in [6.45, 7) is 2.26. The lowest BCUT2D eigenvalue weighted by Crippen LogP contribution is -2.08. The fourth-order valence-corrected chi connectivity index (χ4v) is 2.62. The molecule has 2 nitrogen and oxygen atoms in total. The van der Waals surface area contributed by atoms with E-state index in [-0.39, 0.29) is 5.97 Å². The van der Waals surface area contributed by atoms with Crippen LogP contribution in [0.25, 0.3) is 0 Å². The van der Waals surface area contributed by atoms with Crippen LogP contribution < -0.4 is 0 Å². The topological polar surface area (TPSA) is 26.3 Å². The van der Waals surface area contributed by atoms with Crippen LogP contribution in [0.4, 0.5) is 0 Å². The maximum absolute atomic E-state index is 11.6. The zero-order valence-corrected chi connectivity index (χ0v) is 9.34. The average molecular weight is 220 g/mol. The van der Waals surface area contributed by atoms with Gasteiger partial charge in [0.25, 0.3) is 0 Å². The van der Waals surface area contributed by atoms with Gasteiger partial charge in [-0.15, -0.1) is 11.8 Å². The summed E-state index contributed by atoms with van der Waals surface area (Å²) in [7, 11) is 0. The van der Waals surface area contributed by atoms with Gasteiger partial charge in [0, 0.05) is 10.7 Å². The molecule has 78 valence electrons. The van der Waals surface area contributed by atoms with Crippen molar-refractivity contribution in [1.29, 1.82) is 0 Å². The maximum Gasteiger partial charge on any atom is 0.335 e. The number of thioether (sulfide) groups is 1. The molecule has 3 heteroatoms. The van der Waals surface area contributed by atoms with Gasteiger partial charge < -0.3 is 4.74 Å². The number of rotatable bonds is 2. The Bertz CT molecular complexity index is 400. The summed E-state index contributed by atoms with van der Waals surface area (Å²) in [6.07, 6.45) is 9.90. The molecule has 2 rings (SSSR count). The molecule has 0 bridgehead atoms. The number of hydrogen-bond acceptors (Lipinski definition) is 3. The second-order valence-corrected chi connectivity index (χ2v) is 4.19. The lowest BCUT2D eigenvalue weighted by Gasteiger charge is -2.02. The predicted molar refractivity (Wildman–Crippen MR) is 62.5 cm³/mol. The summed E-state index contributed by atoms with van der Waals surface area (Å²) in [5.41, 5.74) is 1.80. The highest BCUT2D eigenvalue weighted by atomic mass is 32.2. The highest BCUT2D eigenvalue weighted by Crippen LogP contribution is 2.38. The third-order valence-electron chi connectivity index (χ3n) is 2.22. The smallest absolute Gasteiger partial charge is 0.335 e. The summed E-state index contributed by atoms with van der Waals surface area (Å²) in [5, 5.41) is 0. The van der Waals surface area contributed by atoms with E-state index < -0.39 is 0 Å². The molecule has 0 aromatic heterocycles. The van der Waals surface area contributed by atoms with Crippen molar-refractivity contribution in [2.24, 2.45) is 0 Å². The molecule has 1 heterocycles. The molecule has 2 aliphatic rings. The van der Waals surface area contributed by atoms with Gasteiger partial charge in [-0.1, -0.05) is 24.3 Å². The normalized spacial score (nSPS) is 18.6. The summed E-state index contributed by atoms with van der Waals surface area (Å²) in [4.78, 5) is 12.8. The van der Waals surface area contributed by atoms with Gasteiger partial charge in [-0.25, -0.2) is 4.79 Å². The Hall–Kier alpha value is -1.22. The average Bonchev–Trinajstić information content (AvgIpc) is 2.48. The van der Waals surface area contributed by atoms with Gasteiger partial charge in [-0.2, -0.15) is 0 Å². The fraction of sp³-hybridized carbons (Fsp3) is 0.250. The fourth-order valence-electron chi connectivity index (χ4n) is 1.52. The minimum Gasteiger partial charge on any atom is -0.463 e. The van der Waals surface area contributed by atoms with Crippen molar-refractivity contribution in [3.8, 4) is 0 Å². The molecule has 0 amide bonds. The molecular weight excluding hydrogens is 208 g/mol. The van der Waals surface area contributed by atoms with Gasteiger partial charge in [0.15, 0.2) is 0 Å². The van der Waals surface area contributed by atoms with Gasteiger partial charge in [0.1, 0.15) is 0 Å². The monoisotopic (exact) mass is 220 g/mol. The van der Waals surface area contributed by atoms with Crippen molar-refractivity contribution in [2.45, 2.75) is 6.92 Å². The minimum absolute atomic E-state index is 0.185. The van der Waals surface area contributed by atoms with Crippen LogP contribution >= 0.6 is 11.8 Å². The van der Waals surface area contributed by atoms with Crippen LogP contribution in [0.2, 0.25) is 0 Å². The second-order valence-electron chi connectivity index (χ2n) is 3.18. The first-order valence-corrected chi connectivity index (χ1v) is 5.90. The predicted octanol–water partition coefficient (Wildman–Crippen LogP) is 2.60. The van der Waals surface area contributed by atoms with E-state index in [0.717, 1.165) is 21.8 Å². The SMILES string of the molecule is CCOC(=O)C1=C2C=CC=CC=C2SC1. The minimum atomic E-state index is -0.185. The maximum atomic E-state index is 11.6. The van der Waals surface area contributed by atoms with E-state index in [1.807, 2.05) is 37.3 Å². The molecule has 1 aliphatic heterocycles. The Morgan fingerprint density at radius 1 is 1.47 bits per heavy atom. The Morgan fingerprint density at radius 3 is 3.13 bits per heavy atom. The molecule has 0 atom stereocenters. The number of ether oxygens (including phenoxy) is 1. The van der Waals surface area contributed by atoms with Crippen molar-refractivity contribution < 1.29 is 9.53 Å². The van der Waals surface area contributed by atoms with Crippen LogP contribution in [0.3, 0.4) is 0 Å². The molecule has 1 aliphatic carbocycles. The summed E-state index contributed by atoms with van der Waals surface area (Å²) >= 11 is 1.69. The molecule has 0 saturated heterocycles. The van der Waals surface area contributed by atoms with Gasteiger partial charge in [-0.3, -0.25) is 0 Å². The zero-order valence-electron chi connectivity index (χ0n) is 8.53. The molecule has 15 heavy (non-hydrogen) atoms. The first kappa shape index (κ1) is 10.3. The molecule has 0 fully saturated rings. The molecule has 0 N–H and O–H groups in total. The molecule has 0 spiro atoms.